The quantitative estimate of drug-likeness (QED) is 0.865. The van der Waals surface area contributed by atoms with Gasteiger partial charge in [-0.15, -0.1) is 5.10 Å². The van der Waals surface area contributed by atoms with Crippen molar-refractivity contribution in [2.24, 2.45) is 5.92 Å². The first kappa shape index (κ1) is 19.0. The van der Waals surface area contributed by atoms with E-state index in [9.17, 15) is 18.4 Å². The van der Waals surface area contributed by atoms with E-state index in [4.69, 9.17) is 4.74 Å². The van der Waals surface area contributed by atoms with Crippen LogP contribution in [0.15, 0.2) is 12.1 Å². The fraction of sp³-hybridized carbons (Fsp3) is 0.625. The first-order valence-corrected chi connectivity index (χ1v) is 7.95. The molecule has 0 aliphatic carbocycles. The lowest BCUT2D eigenvalue weighted by molar-refractivity contribution is -0.123. The maximum absolute atomic E-state index is 13.3. The van der Waals surface area contributed by atoms with Gasteiger partial charge in [0.05, 0.1) is 11.7 Å². The van der Waals surface area contributed by atoms with Crippen molar-refractivity contribution in [3.63, 3.8) is 0 Å². The summed E-state index contributed by atoms with van der Waals surface area (Å²) in [6, 6.07) is 1.95. The van der Waals surface area contributed by atoms with Crippen LogP contribution in [0.5, 0.6) is 0 Å². The van der Waals surface area contributed by atoms with Crippen molar-refractivity contribution in [2.75, 3.05) is 5.32 Å². The monoisotopic (exact) mass is 356 g/mol. The summed E-state index contributed by atoms with van der Waals surface area (Å²) in [7, 11) is 0. The van der Waals surface area contributed by atoms with Gasteiger partial charge in [0.1, 0.15) is 5.60 Å². The van der Waals surface area contributed by atoms with E-state index < -0.39 is 35.5 Å². The van der Waals surface area contributed by atoms with Crippen molar-refractivity contribution in [3.05, 3.63) is 17.8 Å². The summed E-state index contributed by atoms with van der Waals surface area (Å²) in [6.07, 6.45) is -0.405. The van der Waals surface area contributed by atoms with Gasteiger partial charge in [0.15, 0.2) is 5.82 Å². The molecule has 1 saturated heterocycles. The average molecular weight is 356 g/mol. The lowest BCUT2D eigenvalue weighted by Crippen LogP contribution is -2.39. The minimum atomic E-state index is -2.96. The summed E-state index contributed by atoms with van der Waals surface area (Å²) in [5.41, 5.74) is -0.152. The SMILES string of the molecule is CC(C)(C)OC(=O)Nc1ccc(CC2CC(C(C)(F)F)NC2=O)nn1. The van der Waals surface area contributed by atoms with Crippen LogP contribution in [0.3, 0.4) is 0 Å². The van der Waals surface area contributed by atoms with Crippen molar-refractivity contribution in [1.29, 1.82) is 0 Å². The van der Waals surface area contributed by atoms with Gasteiger partial charge in [-0.3, -0.25) is 10.1 Å². The van der Waals surface area contributed by atoms with E-state index in [0.29, 0.717) is 5.69 Å². The van der Waals surface area contributed by atoms with Gasteiger partial charge in [-0.2, -0.15) is 5.10 Å². The molecule has 9 heteroatoms. The molecule has 2 atom stereocenters. The maximum atomic E-state index is 13.3. The largest absolute Gasteiger partial charge is 0.444 e. The van der Waals surface area contributed by atoms with E-state index in [1.165, 1.54) is 6.07 Å². The molecule has 0 spiro atoms. The van der Waals surface area contributed by atoms with Crippen LogP contribution in [0.4, 0.5) is 19.4 Å². The third-order valence-electron chi connectivity index (χ3n) is 3.62. The zero-order chi connectivity index (χ0) is 18.8. The summed E-state index contributed by atoms with van der Waals surface area (Å²) >= 11 is 0. The first-order chi connectivity index (χ1) is 11.4. The molecule has 0 radical (unpaired) electrons. The number of carbonyl (C=O) groups is 2. The van der Waals surface area contributed by atoms with Crippen LogP contribution in [0.2, 0.25) is 0 Å². The zero-order valence-corrected chi connectivity index (χ0v) is 14.6. The Hall–Kier alpha value is -2.32. The number of anilines is 1. The van der Waals surface area contributed by atoms with Gasteiger partial charge in [-0.05, 0) is 39.3 Å². The second-order valence-corrected chi connectivity index (χ2v) is 7.19. The Morgan fingerprint density at radius 3 is 2.48 bits per heavy atom. The van der Waals surface area contributed by atoms with Gasteiger partial charge in [-0.1, -0.05) is 0 Å². The van der Waals surface area contributed by atoms with E-state index in [2.05, 4.69) is 20.8 Å². The smallest absolute Gasteiger partial charge is 0.413 e. The third kappa shape index (κ3) is 5.61. The van der Waals surface area contributed by atoms with Gasteiger partial charge in [-0.25, -0.2) is 13.6 Å². The zero-order valence-electron chi connectivity index (χ0n) is 14.6. The number of alkyl halides is 2. The molecule has 1 aromatic rings. The number of amides is 2. The predicted molar refractivity (Wildman–Crippen MR) is 86.3 cm³/mol. The Balaban J connectivity index is 1.93. The fourth-order valence-corrected chi connectivity index (χ4v) is 2.45. The molecule has 0 bridgehead atoms. The van der Waals surface area contributed by atoms with Gasteiger partial charge in [0.25, 0.3) is 5.92 Å². The second-order valence-electron chi connectivity index (χ2n) is 7.19. The van der Waals surface area contributed by atoms with Crippen LogP contribution in [0.1, 0.15) is 39.8 Å². The number of halogens is 2. The molecule has 1 aliphatic rings. The molecule has 2 unspecified atom stereocenters. The number of hydrogen-bond acceptors (Lipinski definition) is 5. The Kier molecular flexibility index (Phi) is 5.24. The standard InChI is InChI=1S/C16H22F2N4O3/c1-15(2,3)25-14(24)20-12-6-5-10(21-22-12)7-9-8-11(16(4,17)18)19-13(9)23/h5-6,9,11H,7-8H2,1-4H3,(H,19,23)(H,20,22,24). The highest BCUT2D eigenvalue weighted by molar-refractivity contribution is 5.83. The molecule has 1 fully saturated rings. The van der Waals surface area contributed by atoms with Gasteiger partial charge in [0.2, 0.25) is 5.91 Å². The molecule has 1 aromatic heterocycles. The minimum Gasteiger partial charge on any atom is -0.444 e. The van der Waals surface area contributed by atoms with Crippen molar-refractivity contribution in [3.8, 4) is 0 Å². The van der Waals surface area contributed by atoms with E-state index >= 15 is 0 Å². The van der Waals surface area contributed by atoms with Crippen molar-refractivity contribution < 1.29 is 23.1 Å². The van der Waals surface area contributed by atoms with Crippen LogP contribution in [0.25, 0.3) is 0 Å². The minimum absolute atomic E-state index is 0.0436. The number of ether oxygens (including phenoxy) is 1. The van der Waals surface area contributed by atoms with Crippen LogP contribution >= 0.6 is 0 Å². The molecule has 2 N–H and O–H groups in total. The van der Waals surface area contributed by atoms with E-state index in [1.807, 2.05) is 0 Å². The van der Waals surface area contributed by atoms with Gasteiger partial charge in [0, 0.05) is 19.3 Å². The highest BCUT2D eigenvalue weighted by Gasteiger charge is 2.43. The molecule has 0 aromatic carbocycles. The van der Waals surface area contributed by atoms with Crippen LogP contribution < -0.4 is 10.6 Å². The highest BCUT2D eigenvalue weighted by Crippen LogP contribution is 2.29. The highest BCUT2D eigenvalue weighted by atomic mass is 19.3. The summed E-state index contributed by atoms with van der Waals surface area (Å²) in [6.45, 7) is 6.00. The number of nitrogens with one attached hydrogen (secondary N) is 2. The Labute approximate surface area is 144 Å². The Morgan fingerprint density at radius 2 is 2.00 bits per heavy atom. The van der Waals surface area contributed by atoms with Crippen molar-refractivity contribution in [2.45, 2.75) is 58.1 Å². The van der Waals surface area contributed by atoms with Gasteiger partial charge < -0.3 is 10.1 Å². The summed E-state index contributed by atoms with van der Waals surface area (Å²) in [5, 5.41) is 12.5. The van der Waals surface area contributed by atoms with E-state index in [0.717, 1.165) is 6.92 Å². The number of rotatable bonds is 4. The first-order valence-electron chi connectivity index (χ1n) is 7.95. The lowest BCUT2D eigenvalue weighted by Gasteiger charge is -2.19. The van der Waals surface area contributed by atoms with Crippen molar-refractivity contribution in [1.82, 2.24) is 15.5 Å². The normalized spacial score (nSPS) is 21.0. The Morgan fingerprint density at radius 1 is 1.32 bits per heavy atom. The topological polar surface area (TPSA) is 93.2 Å². The predicted octanol–water partition coefficient (Wildman–Crippen LogP) is 2.53. The summed E-state index contributed by atoms with van der Waals surface area (Å²) in [5.74, 6) is -3.75. The molecule has 1 aliphatic heterocycles. The molecular weight excluding hydrogens is 334 g/mol. The van der Waals surface area contributed by atoms with Crippen molar-refractivity contribution >= 4 is 17.8 Å². The molecular formula is C16H22F2N4O3. The number of carbonyl (C=O) groups excluding carboxylic acids is 2. The van der Waals surface area contributed by atoms with Crippen LogP contribution in [0, 0.1) is 5.92 Å². The van der Waals surface area contributed by atoms with E-state index in [1.54, 1.807) is 26.8 Å². The number of nitrogens with zero attached hydrogens (tertiary/aromatic N) is 2. The fourth-order valence-electron chi connectivity index (χ4n) is 2.45. The third-order valence-corrected chi connectivity index (χ3v) is 3.62. The molecule has 2 amide bonds. The molecule has 2 heterocycles. The van der Waals surface area contributed by atoms with E-state index in [-0.39, 0.29) is 18.7 Å². The second kappa shape index (κ2) is 6.89. The molecule has 0 saturated carbocycles. The summed E-state index contributed by atoms with van der Waals surface area (Å²) < 4.78 is 31.7. The number of aromatic nitrogens is 2. The average Bonchev–Trinajstić information content (AvgIpc) is 2.80. The molecule has 2 rings (SSSR count). The van der Waals surface area contributed by atoms with Crippen LogP contribution in [-0.2, 0) is 16.0 Å². The lowest BCUT2D eigenvalue weighted by atomic mass is 9.97. The Bertz CT molecular complexity index is 638. The van der Waals surface area contributed by atoms with Crippen LogP contribution in [-0.4, -0.2) is 39.8 Å². The van der Waals surface area contributed by atoms with Gasteiger partial charge >= 0.3 is 6.09 Å². The molecule has 138 valence electrons. The molecule has 7 nitrogen and oxygen atoms in total. The summed E-state index contributed by atoms with van der Waals surface area (Å²) in [4.78, 5) is 23.5. The maximum Gasteiger partial charge on any atom is 0.413 e. The molecule has 25 heavy (non-hydrogen) atoms. The number of hydrogen-bond donors (Lipinski definition) is 2.